The first-order valence-electron chi connectivity index (χ1n) is 5.31. The summed E-state index contributed by atoms with van der Waals surface area (Å²) in [6.45, 7) is 3.77. The van der Waals surface area contributed by atoms with Gasteiger partial charge in [-0.3, -0.25) is 0 Å². The van der Waals surface area contributed by atoms with Gasteiger partial charge in [-0.15, -0.1) is 11.6 Å². The molecule has 0 saturated carbocycles. The third-order valence-corrected chi connectivity index (χ3v) is 5.00. The highest BCUT2D eigenvalue weighted by Gasteiger charge is 2.24. The third kappa shape index (κ3) is 4.00. The predicted molar refractivity (Wildman–Crippen MR) is 76.1 cm³/mol. The Kier molecular flexibility index (Phi) is 5.74. The highest BCUT2D eigenvalue weighted by Crippen LogP contribution is 2.25. The number of hydrogen-bond acceptors (Lipinski definition) is 2. The van der Waals surface area contributed by atoms with Gasteiger partial charge in [0.2, 0.25) is 10.0 Å². The zero-order chi connectivity index (χ0) is 13.9. The Morgan fingerprint density at radius 3 is 2.39 bits per heavy atom. The van der Waals surface area contributed by atoms with Crippen molar-refractivity contribution in [3.05, 3.63) is 28.2 Å². The number of halogens is 3. The van der Waals surface area contributed by atoms with Crippen LogP contribution in [0.15, 0.2) is 23.1 Å². The van der Waals surface area contributed by atoms with Gasteiger partial charge in [0, 0.05) is 16.9 Å². The summed E-state index contributed by atoms with van der Waals surface area (Å²) in [4.78, 5) is -0.0348. The molecule has 1 unspecified atom stereocenters. The van der Waals surface area contributed by atoms with Crippen molar-refractivity contribution in [1.82, 2.24) is 4.72 Å². The van der Waals surface area contributed by atoms with Crippen molar-refractivity contribution in [3.63, 3.8) is 0 Å². The molecule has 7 heteroatoms. The molecule has 0 aromatic heterocycles. The van der Waals surface area contributed by atoms with Crippen molar-refractivity contribution in [2.75, 3.05) is 5.88 Å². The van der Waals surface area contributed by atoms with Gasteiger partial charge in [0.1, 0.15) is 4.90 Å². The molecule has 3 nitrogen and oxygen atoms in total. The van der Waals surface area contributed by atoms with Gasteiger partial charge < -0.3 is 0 Å². The van der Waals surface area contributed by atoms with Crippen LogP contribution in [0.5, 0.6) is 0 Å². The minimum atomic E-state index is -3.72. The van der Waals surface area contributed by atoms with Crippen LogP contribution in [0.4, 0.5) is 0 Å². The van der Waals surface area contributed by atoms with Crippen LogP contribution >= 0.6 is 34.8 Å². The molecule has 0 aliphatic heterocycles. The molecule has 0 saturated heterocycles. The second-order valence-corrected chi connectivity index (χ2v) is 7.04. The van der Waals surface area contributed by atoms with Gasteiger partial charge >= 0.3 is 0 Å². The molecule has 0 heterocycles. The first-order valence-corrected chi connectivity index (χ1v) is 8.08. The van der Waals surface area contributed by atoms with Gasteiger partial charge in [0.15, 0.2) is 0 Å². The topological polar surface area (TPSA) is 46.2 Å². The van der Waals surface area contributed by atoms with Crippen LogP contribution in [0.1, 0.15) is 13.8 Å². The average molecular weight is 331 g/mol. The van der Waals surface area contributed by atoms with Crippen molar-refractivity contribution in [2.45, 2.75) is 24.8 Å². The smallest absolute Gasteiger partial charge is 0.207 e. The number of alkyl halides is 1. The SMILES string of the molecule is CC(C)C(CCl)NS(=O)(=O)c1cc(Cl)ccc1Cl. The summed E-state index contributed by atoms with van der Waals surface area (Å²) < 4.78 is 26.9. The molecule has 102 valence electrons. The fraction of sp³-hybridized carbons (Fsp3) is 0.455. The minimum Gasteiger partial charge on any atom is -0.207 e. The summed E-state index contributed by atoms with van der Waals surface area (Å²) in [7, 11) is -3.72. The summed E-state index contributed by atoms with van der Waals surface area (Å²) in [6.07, 6.45) is 0. The van der Waals surface area contributed by atoms with E-state index in [-0.39, 0.29) is 27.8 Å². The van der Waals surface area contributed by atoms with Crippen LogP contribution in [-0.4, -0.2) is 20.3 Å². The molecular weight excluding hydrogens is 317 g/mol. The van der Waals surface area contributed by atoms with Gasteiger partial charge in [-0.1, -0.05) is 37.0 Å². The molecule has 0 radical (unpaired) electrons. The lowest BCUT2D eigenvalue weighted by Gasteiger charge is -2.20. The molecule has 0 spiro atoms. The zero-order valence-corrected chi connectivity index (χ0v) is 13.0. The van der Waals surface area contributed by atoms with E-state index in [1.165, 1.54) is 18.2 Å². The first-order chi connectivity index (χ1) is 8.27. The van der Waals surface area contributed by atoms with E-state index in [9.17, 15) is 8.42 Å². The fourth-order valence-corrected chi connectivity index (χ4v) is 3.96. The van der Waals surface area contributed by atoms with E-state index in [2.05, 4.69) is 4.72 Å². The minimum absolute atomic E-state index is 0.0348. The highest BCUT2D eigenvalue weighted by molar-refractivity contribution is 7.89. The first kappa shape index (κ1) is 16.1. The zero-order valence-electron chi connectivity index (χ0n) is 9.95. The molecule has 0 amide bonds. The van der Waals surface area contributed by atoms with Crippen molar-refractivity contribution >= 4 is 44.8 Å². The number of rotatable bonds is 5. The maximum absolute atomic E-state index is 12.2. The lowest BCUT2D eigenvalue weighted by Crippen LogP contribution is -2.39. The Bertz CT molecular complexity index is 517. The van der Waals surface area contributed by atoms with Crippen LogP contribution in [0.3, 0.4) is 0 Å². The van der Waals surface area contributed by atoms with E-state index < -0.39 is 10.0 Å². The van der Waals surface area contributed by atoms with E-state index in [4.69, 9.17) is 34.8 Å². The fourth-order valence-electron chi connectivity index (χ4n) is 1.29. The Morgan fingerprint density at radius 2 is 1.89 bits per heavy atom. The normalized spacial score (nSPS) is 13.9. The summed E-state index contributed by atoms with van der Waals surface area (Å²) in [5, 5.41) is 0.440. The lowest BCUT2D eigenvalue weighted by molar-refractivity contribution is 0.480. The van der Waals surface area contributed by atoms with Gasteiger partial charge in [-0.05, 0) is 24.1 Å². The van der Waals surface area contributed by atoms with Crippen LogP contribution in [-0.2, 0) is 10.0 Å². The maximum atomic E-state index is 12.2. The molecule has 1 rings (SSSR count). The van der Waals surface area contributed by atoms with Gasteiger partial charge in [-0.2, -0.15) is 0 Å². The molecule has 0 fully saturated rings. The largest absolute Gasteiger partial charge is 0.242 e. The average Bonchev–Trinajstić information content (AvgIpc) is 2.28. The van der Waals surface area contributed by atoms with Crippen molar-refractivity contribution in [3.8, 4) is 0 Å². The van der Waals surface area contributed by atoms with E-state index >= 15 is 0 Å². The number of sulfonamides is 1. The Hall–Kier alpha value is -0.000000000000000111. The van der Waals surface area contributed by atoms with Crippen molar-refractivity contribution < 1.29 is 8.42 Å². The number of nitrogens with one attached hydrogen (secondary N) is 1. The molecule has 0 aliphatic rings. The number of hydrogen-bond donors (Lipinski definition) is 1. The van der Waals surface area contributed by atoms with Crippen molar-refractivity contribution in [2.24, 2.45) is 5.92 Å². The van der Waals surface area contributed by atoms with Crippen LogP contribution in [0, 0.1) is 5.92 Å². The molecular formula is C11H14Cl3NO2S. The van der Waals surface area contributed by atoms with Gasteiger partial charge in [-0.25, -0.2) is 13.1 Å². The number of benzene rings is 1. The molecule has 1 aromatic carbocycles. The monoisotopic (exact) mass is 329 g/mol. The van der Waals surface area contributed by atoms with Crippen LogP contribution in [0.25, 0.3) is 0 Å². The van der Waals surface area contributed by atoms with E-state index in [0.29, 0.717) is 5.02 Å². The second kappa shape index (κ2) is 6.44. The van der Waals surface area contributed by atoms with E-state index in [1.54, 1.807) is 0 Å². The second-order valence-electron chi connectivity index (χ2n) is 4.20. The Morgan fingerprint density at radius 1 is 1.28 bits per heavy atom. The van der Waals surface area contributed by atoms with Gasteiger partial charge in [0.05, 0.1) is 5.02 Å². The molecule has 1 aromatic rings. The Labute approximate surface area is 122 Å². The molecule has 1 atom stereocenters. The summed E-state index contributed by atoms with van der Waals surface area (Å²) in [6, 6.07) is 3.94. The third-order valence-electron chi connectivity index (χ3n) is 2.46. The molecule has 0 aliphatic carbocycles. The molecule has 1 N–H and O–H groups in total. The van der Waals surface area contributed by atoms with Crippen LogP contribution in [0.2, 0.25) is 10.0 Å². The highest BCUT2D eigenvalue weighted by atomic mass is 35.5. The van der Waals surface area contributed by atoms with E-state index in [1.807, 2.05) is 13.8 Å². The van der Waals surface area contributed by atoms with Gasteiger partial charge in [0.25, 0.3) is 0 Å². The predicted octanol–water partition coefficient (Wildman–Crippen LogP) is 3.54. The van der Waals surface area contributed by atoms with Crippen molar-refractivity contribution in [1.29, 1.82) is 0 Å². The summed E-state index contributed by atoms with van der Waals surface area (Å²) in [5.74, 6) is 0.268. The quantitative estimate of drug-likeness (QED) is 0.839. The Balaban J connectivity index is 3.10. The van der Waals surface area contributed by atoms with E-state index in [0.717, 1.165) is 0 Å². The summed E-state index contributed by atoms with van der Waals surface area (Å²) >= 11 is 17.4. The molecule has 18 heavy (non-hydrogen) atoms. The molecule has 0 bridgehead atoms. The van der Waals surface area contributed by atoms with Crippen LogP contribution < -0.4 is 4.72 Å². The maximum Gasteiger partial charge on any atom is 0.242 e. The lowest BCUT2D eigenvalue weighted by atomic mass is 10.1. The standard InChI is InChI=1S/C11H14Cl3NO2S/c1-7(2)10(6-12)15-18(16,17)11-5-8(13)3-4-9(11)14/h3-5,7,10,15H,6H2,1-2H3. The summed E-state index contributed by atoms with van der Waals surface area (Å²) in [5.41, 5.74) is 0.